The van der Waals surface area contributed by atoms with Gasteiger partial charge in [0.15, 0.2) is 0 Å². The topological polar surface area (TPSA) is 29.1 Å². The zero-order valence-corrected chi connectivity index (χ0v) is 12.2. The van der Waals surface area contributed by atoms with Crippen LogP contribution in [0.1, 0.15) is 35.1 Å². The van der Waals surface area contributed by atoms with E-state index in [1.54, 1.807) is 0 Å². The summed E-state index contributed by atoms with van der Waals surface area (Å²) in [7, 11) is 0. The van der Waals surface area contributed by atoms with Crippen molar-refractivity contribution in [3.63, 3.8) is 0 Å². The van der Waals surface area contributed by atoms with Gasteiger partial charge in [0.1, 0.15) is 0 Å². The summed E-state index contributed by atoms with van der Waals surface area (Å²) in [6.45, 7) is 6.28. The van der Waals surface area contributed by atoms with Gasteiger partial charge in [0.25, 0.3) is 0 Å². The summed E-state index contributed by atoms with van der Waals surface area (Å²) in [5.41, 5.74) is 4.89. The van der Waals surface area contributed by atoms with Gasteiger partial charge in [-0.3, -0.25) is 4.79 Å². The Bertz CT molecular complexity index is 427. The highest BCUT2D eigenvalue weighted by Gasteiger charge is 2.18. The smallest absolute Gasteiger partial charge is 0.225 e. The summed E-state index contributed by atoms with van der Waals surface area (Å²) in [6.07, 6.45) is 2.84. The van der Waals surface area contributed by atoms with Crippen molar-refractivity contribution in [2.45, 2.75) is 45.4 Å². The predicted molar refractivity (Wildman–Crippen MR) is 78.0 cm³/mol. The largest absolute Gasteiger partial charge is 0.344 e. The normalized spacial score (nSPS) is 18.9. The van der Waals surface area contributed by atoms with Gasteiger partial charge in [0.05, 0.1) is 11.8 Å². The number of aryl methyl sites for hydroxylation is 3. The molecule has 3 heteroatoms. The Labute approximate surface area is 114 Å². The molecule has 1 aromatic rings. The number of carbonyl (C=O) groups excluding carboxylic acids is 1. The second-order valence-corrected chi connectivity index (χ2v) is 6.43. The van der Waals surface area contributed by atoms with Gasteiger partial charge < -0.3 is 5.32 Å². The molecule has 1 aliphatic heterocycles. The first-order chi connectivity index (χ1) is 8.56. The van der Waals surface area contributed by atoms with Crippen molar-refractivity contribution in [2.24, 2.45) is 0 Å². The Morgan fingerprint density at radius 3 is 2.56 bits per heavy atom. The average Bonchev–Trinajstić information content (AvgIpc) is 2.76. The second kappa shape index (κ2) is 5.79. The summed E-state index contributed by atoms with van der Waals surface area (Å²) in [4.78, 5) is 12.0. The van der Waals surface area contributed by atoms with Crippen LogP contribution in [0.25, 0.3) is 0 Å². The minimum absolute atomic E-state index is 0.157. The fraction of sp³-hybridized carbons (Fsp3) is 0.533. The fourth-order valence-corrected chi connectivity index (χ4v) is 3.74. The molecule has 0 spiro atoms. The van der Waals surface area contributed by atoms with E-state index in [4.69, 9.17) is 0 Å². The van der Waals surface area contributed by atoms with E-state index >= 15 is 0 Å². The van der Waals surface area contributed by atoms with Crippen molar-refractivity contribution < 1.29 is 4.79 Å². The van der Waals surface area contributed by atoms with Crippen LogP contribution >= 0.6 is 11.8 Å². The van der Waals surface area contributed by atoms with Gasteiger partial charge in [-0.15, -0.1) is 11.8 Å². The molecule has 1 amide bonds. The highest BCUT2D eigenvalue weighted by Crippen LogP contribution is 2.24. The van der Waals surface area contributed by atoms with E-state index in [1.165, 1.54) is 34.4 Å². The molecule has 1 unspecified atom stereocenters. The lowest BCUT2D eigenvalue weighted by Gasteiger charge is -2.14. The minimum Gasteiger partial charge on any atom is -0.344 e. The first-order valence-corrected chi connectivity index (χ1v) is 7.59. The van der Waals surface area contributed by atoms with E-state index in [2.05, 4.69) is 38.2 Å². The Hall–Kier alpha value is -0.960. The van der Waals surface area contributed by atoms with E-state index < -0.39 is 0 Å². The molecule has 18 heavy (non-hydrogen) atoms. The molecule has 1 saturated heterocycles. The lowest BCUT2D eigenvalue weighted by atomic mass is 9.97. The number of benzene rings is 1. The zero-order chi connectivity index (χ0) is 13.1. The number of thioether (sulfide) groups is 1. The molecule has 1 fully saturated rings. The van der Waals surface area contributed by atoms with Crippen LogP contribution in [0.2, 0.25) is 0 Å². The van der Waals surface area contributed by atoms with E-state index in [0.717, 1.165) is 6.42 Å². The van der Waals surface area contributed by atoms with Crippen molar-refractivity contribution >= 4 is 17.7 Å². The lowest BCUT2D eigenvalue weighted by molar-refractivity contribution is -0.120. The van der Waals surface area contributed by atoms with E-state index in [0.29, 0.717) is 11.8 Å². The van der Waals surface area contributed by atoms with Gasteiger partial charge in [-0.25, -0.2) is 0 Å². The van der Waals surface area contributed by atoms with Crippen molar-refractivity contribution in [1.29, 1.82) is 0 Å². The quantitative estimate of drug-likeness (QED) is 0.908. The van der Waals surface area contributed by atoms with E-state index in [1.807, 2.05) is 11.8 Å². The number of hydrogen-bond donors (Lipinski definition) is 1. The summed E-state index contributed by atoms with van der Waals surface area (Å²) in [5, 5.41) is 3.46. The van der Waals surface area contributed by atoms with E-state index in [9.17, 15) is 4.79 Å². The van der Waals surface area contributed by atoms with Crippen LogP contribution in [0.3, 0.4) is 0 Å². The molecule has 1 atom stereocenters. The van der Waals surface area contributed by atoms with Crippen LogP contribution in [0.15, 0.2) is 12.1 Å². The van der Waals surface area contributed by atoms with Crippen LogP contribution in [-0.4, -0.2) is 17.0 Å². The molecule has 0 bridgehead atoms. The molecule has 0 radical (unpaired) electrons. The Kier molecular flexibility index (Phi) is 4.33. The van der Waals surface area contributed by atoms with E-state index in [-0.39, 0.29) is 5.91 Å². The molecule has 1 heterocycles. The maximum Gasteiger partial charge on any atom is 0.225 e. The molecule has 1 aromatic carbocycles. The fourth-order valence-electron chi connectivity index (χ4n) is 2.57. The van der Waals surface area contributed by atoms with Gasteiger partial charge in [-0.1, -0.05) is 17.7 Å². The standard InChI is InChI=1S/C15H21NOS/c1-10-7-11(2)13(12(3)8-10)9-14(17)16-15-5-4-6-18-15/h7-8,15H,4-6,9H2,1-3H3,(H,16,17). The Morgan fingerprint density at radius 2 is 2.00 bits per heavy atom. The zero-order valence-electron chi connectivity index (χ0n) is 11.4. The molecule has 0 aliphatic carbocycles. The van der Waals surface area contributed by atoms with Gasteiger partial charge >= 0.3 is 0 Å². The van der Waals surface area contributed by atoms with Crippen LogP contribution in [0.4, 0.5) is 0 Å². The Morgan fingerprint density at radius 1 is 1.33 bits per heavy atom. The van der Waals surface area contributed by atoms with Crippen LogP contribution < -0.4 is 5.32 Å². The molecule has 1 N–H and O–H groups in total. The van der Waals surface area contributed by atoms with Crippen molar-refractivity contribution in [1.82, 2.24) is 5.32 Å². The second-order valence-electron chi connectivity index (χ2n) is 5.12. The third-order valence-electron chi connectivity index (χ3n) is 3.43. The highest BCUT2D eigenvalue weighted by atomic mass is 32.2. The minimum atomic E-state index is 0.157. The Balaban J connectivity index is 2.02. The number of rotatable bonds is 3. The van der Waals surface area contributed by atoms with Gasteiger partial charge in [0, 0.05) is 0 Å². The van der Waals surface area contributed by atoms with Crippen LogP contribution in [0.5, 0.6) is 0 Å². The lowest BCUT2D eigenvalue weighted by Crippen LogP contribution is -2.32. The molecule has 2 rings (SSSR count). The maximum absolute atomic E-state index is 12.0. The van der Waals surface area contributed by atoms with Crippen LogP contribution in [-0.2, 0) is 11.2 Å². The molecule has 1 aliphatic rings. The summed E-state index contributed by atoms with van der Waals surface area (Å²) in [5.74, 6) is 1.33. The van der Waals surface area contributed by atoms with Gasteiger partial charge in [0.2, 0.25) is 5.91 Å². The number of carbonyl (C=O) groups is 1. The maximum atomic E-state index is 12.0. The SMILES string of the molecule is Cc1cc(C)c(CC(=O)NC2CCCS2)c(C)c1. The molecule has 0 aromatic heterocycles. The highest BCUT2D eigenvalue weighted by molar-refractivity contribution is 8.00. The monoisotopic (exact) mass is 263 g/mol. The van der Waals surface area contributed by atoms with Crippen molar-refractivity contribution in [2.75, 3.05) is 5.75 Å². The number of amides is 1. The molecule has 98 valence electrons. The molecular formula is C15H21NOS. The third-order valence-corrected chi connectivity index (χ3v) is 4.71. The van der Waals surface area contributed by atoms with Crippen molar-refractivity contribution in [3.05, 3.63) is 34.4 Å². The van der Waals surface area contributed by atoms with Gasteiger partial charge in [-0.2, -0.15) is 0 Å². The predicted octanol–water partition coefficient (Wildman–Crippen LogP) is 3.12. The average molecular weight is 263 g/mol. The van der Waals surface area contributed by atoms with Crippen LogP contribution in [0, 0.1) is 20.8 Å². The number of nitrogens with one attached hydrogen (secondary N) is 1. The molecule has 0 saturated carbocycles. The molecule has 2 nitrogen and oxygen atoms in total. The van der Waals surface area contributed by atoms with Gasteiger partial charge in [-0.05, 0) is 56.1 Å². The first-order valence-electron chi connectivity index (χ1n) is 6.54. The summed E-state index contributed by atoms with van der Waals surface area (Å²) < 4.78 is 0. The number of hydrogen-bond acceptors (Lipinski definition) is 2. The molecular weight excluding hydrogens is 242 g/mol. The third kappa shape index (κ3) is 3.29. The summed E-state index contributed by atoms with van der Waals surface area (Å²) in [6, 6.07) is 4.31. The van der Waals surface area contributed by atoms with Crippen molar-refractivity contribution in [3.8, 4) is 0 Å². The first kappa shape index (κ1) is 13.5. The summed E-state index contributed by atoms with van der Waals surface area (Å²) >= 11 is 1.86.